The van der Waals surface area contributed by atoms with Gasteiger partial charge in [0, 0.05) is 24.7 Å². The summed E-state index contributed by atoms with van der Waals surface area (Å²) in [6.07, 6.45) is 2.03. The van der Waals surface area contributed by atoms with Crippen LogP contribution in [0.4, 0.5) is 0 Å². The Morgan fingerprint density at radius 3 is 2.65 bits per heavy atom. The lowest BCUT2D eigenvalue weighted by atomic mass is 9.90. The van der Waals surface area contributed by atoms with Gasteiger partial charge in [-0.25, -0.2) is 0 Å². The van der Waals surface area contributed by atoms with Crippen molar-refractivity contribution in [1.29, 1.82) is 0 Å². The molecule has 3 rings (SSSR count). The summed E-state index contributed by atoms with van der Waals surface area (Å²) in [4.78, 5) is 42.4. The maximum Gasteiger partial charge on any atom is 0.314 e. The van der Waals surface area contributed by atoms with Gasteiger partial charge in [-0.2, -0.15) is 0 Å². The number of nitrogens with zero attached hydrogens (tertiary/aromatic N) is 1. The fraction of sp³-hybridized carbons (Fsp3) is 0.438. The minimum atomic E-state index is -0.728. The number of rotatable bonds is 2. The summed E-state index contributed by atoms with van der Waals surface area (Å²) < 4.78 is 0. The van der Waals surface area contributed by atoms with E-state index in [1.54, 1.807) is 18.2 Å². The topological polar surface area (TPSA) is 112 Å². The molecule has 1 aliphatic rings. The summed E-state index contributed by atoms with van der Waals surface area (Å²) in [5.41, 5.74) is 5.83. The number of H-pyrrole nitrogens is 2. The summed E-state index contributed by atoms with van der Waals surface area (Å²) in [5, 5.41) is 0. The zero-order valence-corrected chi connectivity index (χ0v) is 13.0. The number of hydrogen-bond acceptors (Lipinski definition) is 4. The van der Waals surface area contributed by atoms with E-state index in [1.165, 1.54) is 0 Å². The molecule has 122 valence electrons. The predicted octanol–water partition coefficient (Wildman–Crippen LogP) is 0.416. The van der Waals surface area contributed by atoms with Crippen molar-refractivity contribution in [3.05, 3.63) is 44.5 Å². The number of carbonyl (C=O) groups excluding carboxylic acids is 1. The van der Waals surface area contributed by atoms with Gasteiger partial charge in [0.2, 0.25) is 0 Å². The Balaban J connectivity index is 1.98. The second-order valence-electron chi connectivity index (χ2n) is 6.09. The first-order valence-electron chi connectivity index (χ1n) is 7.78. The van der Waals surface area contributed by atoms with Crippen molar-refractivity contribution in [1.82, 2.24) is 14.9 Å². The Morgan fingerprint density at radius 2 is 1.96 bits per heavy atom. The molecule has 2 aromatic rings. The van der Waals surface area contributed by atoms with E-state index in [4.69, 9.17) is 5.73 Å². The van der Waals surface area contributed by atoms with E-state index in [1.807, 2.05) is 4.90 Å². The highest BCUT2D eigenvalue weighted by Crippen LogP contribution is 2.24. The zero-order valence-electron chi connectivity index (χ0n) is 13.0. The van der Waals surface area contributed by atoms with Gasteiger partial charge in [-0.05, 0) is 37.0 Å². The fourth-order valence-electron chi connectivity index (χ4n) is 3.27. The van der Waals surface area contributed by atoms with E-state index in [-0.39, 0.29) is 11.9 Å². The molecule has 1 aromatic heterocycles. The highest BCUT2D eigenvalue weighted by atomic mass is 16.2. The van der Waals surface area contributed by atoms with Crippen molar-refractivity contribution in [3.63, 3.8) is 0 Å². The van der Waals surface area contributed by atoms with Crippen LogP contribution in [0.5, 0.6) is 0 Å². The van der Waals surface area contributed by atoms with Gasteiger partial charge >= 0.3 is 11.1 Å². The first-order valence-corrected chi connectivity index (χ1v) is 7.78. The normalized spacial score (nSPS) is 21.6. The first-order chi connectivity index (χ1) is 11.0. The molecule has 7 heteroatoms. The average molecular weight is 316 g/mol. The molecule has 0 bridgehead atoms. The van der Waals surface area contributed by atoms with Gasteiger partial charge in [-0.15, -0.1) is 0 Å². The highest BCUT2D eigenvalue weighted by Gasteiger charge is 2.31. The third-order valence-electron chi connectivity index (χ3n) is 4.59. The molecule has 7 nitrogen and oxygen atoms in total. The van der Waals surface area contributed by atoms with E-state index >= 15 is 0 Å². The lowest BCUT2D eigenvalue weighted by Crippen LogP contribution is -2.51. The van der Waals surface area contributed by atoms with Crippen LogP contribution < -0.4 is 16.9 Å². The number of hydrogen-bond donors (Lipinski definition) is 3. The van der Waals surface area contributed by atoms with E-state index in [9.17, 15) is 14.4 Å². The molecule has 2 atom stereocenters. The van der Waals surface area contributed by atoms with E-state index < -0.39 is 11.1 Å². The van der Waals surface area contributed by atoms with Crippen LogP contribution in [0.3, 0.4) is 0 Å². The van der Waals surface area contributed by atoms with E-state index in [0.717, 1.165) is 12.8 Å². The Hall–Kier alpha value is -2.41. The Kier molecular flexibility index (Phi) is 4.04. The minimum absolute atomic E-state index is 0.0292. The third-order valence-corrected chi connectivity index (χ3v) is 4.59. The van der Waals surface area contributed by atoms with Gasteiger partial charge in [-0.1, -0.05) is 6.92 Å². The highest BCUT2D eigenvalue weighted by molar-refractivity contribution is 5.97. The van der Waals surface area contributed by atoms with Crippen LogP contribution in [-0.4, -0.2) is 39.9 Å². The van der Waals surface area contributed by atoms with Crippen molar-refractivity contribution in [2.45, 2.75) is 25.8 Å². The average Bonchev–Trinajstić information content (AvgIpc) is 2.54. The molecule has 1 aromatic carbocycles. The Bertz CT molecular complexity index is 854. The molecular formula is C16H20N4O3. The molecule has 1 aliphatic heterocycles. The molecule has 23 heavy (non-hydrogen) atoms. The van der Waals surface area contributed by atoms with Crippen LogP contribution >= 0.6 is 0 Å². The van der Waals surface area contributed by atoms with Gasteiger partial charge in [0.25, 0.3) is 5.91 Å². The summed E-state index contributed by atoms with van der Waals surface area (Å²) in [7, 11) is 0. The lowest BCUT2D eigenvalue weighted by Gasteiger charge is -2.39. The molecule has 1 saturated heterocycles. The SMILES string of the molecule is C[C@H]1CCCN(C(=O)c2ccc3[nH]c(=O)c(=O)[nH]c3c2)[C@H]1CN. The number of benzene rings is 1. The van der Waals surface area contributed by atoms with Crippen molar-refractivity contribution in [2.75, 3.05) is 13.1 Å². The number of amides is 1. The summed E-state index contributed by atoms with van der Waals surface area (Å²) in [6.45, 7) is 3.23. The Morgan fingerprint density at radius 1 is 1.26 bits per heavy atom. The fourth-order valence-corrected chi connectivity index (χ4v) is 3.27. The van der Waals surface area contributed by atoms with Crippen molar-refractivity contribution < 1.29 is 4.79 Å². The largest absolute Gasteiger partial charge is 0.334 e. The molecular weight excluding hydrogens is 296 g/mol. The van der Waals surface area contributed by atoms with Crippen molar-refractivity contribution >= 4 is 16.9 Å². The minimum Gasteiger partial charge on any atom is -0.334 e. The monoisotopic (exact) mass is 316 g/mol. The maximum absolute atomic E-state index is 12.8. The molecule has 2 heterocycles. The molecule has 0 spiro atoms. The number of aromatic amines is 2. The van der Waals surface area contributed by atoms with Gasteiger partial charge in [0.05, 0.1) is 11.0 Å². The van der Waals surface area contributed by atoms with Gasteiger partial charge < -0.3 is 20.6 Å². The Labute approximate surface area is 132 Å². The van der Waals surface area contributed by atoms with Crippen LogP contribution in [0.15, 0.2) is 27.8 Å². The number of aromatic nitrogens is 2. The number of fused-ring (bicyclic) bond motifs is 1. The summed E-state index contributed by atoms with van der Waals surface area (Å²) in [6, 6.07) is 4.92. The lowest BCUT2D eigenvalue weighted by molar-refractivity contribution is 0.0532. The molecule has 0 radical (unpaired) electrons. The standard InChI is InChI=1S/C16H20N4O3/c1-9-3-2-6-20(13(9)8-17)16(23)10-4-5-11-12(7-10)19-15(22)14(21)18-11/h4-5,7,9,13H,2-3,6,8,17H2,1H3,(H,18,21)(H,19,22)/t9-,13-/m0/s1. The number of carbonyl (C=O) groups is 1. The van der Waals surface area contributed by atoms with Crippen LogP contribution in [0.1, 0.15) is 30.1 Å². The second-order valence-corrected chi connectivity index (χ2v) is 6.09. The second kappa shape index (κ2) is 6.00. The third kappa shape index (κ3) is 2.79. The number of piperidine rings is 1. The molecule has 1 amide bonds. The van der Waals surface area contributed by atoms with Crippen LogP contribution in [0.2, 0.25) is 0 Å². The first kappa shape index (κ1) is 15.5. The predicted molar refractivity (Wildman–Crippen MR) is 87.5 cm³/mol. The van der Waals surface area contributed by atoms with E-state index in [0.29, 0.717) is 35.6 Å². The maximum atomic E-state index is 12.8. The van der Waals surface area contributed by atoms with Crippen LogP contribution in [0, 0.1) is 5.92 Å². The molecule has 1 fully saturated rings. The smallest absolute Gasteiger partial charge is 0.314 e. The number of nitrogens with one attached hydrogen (secondary N) is 2. The van der Waals surface area contributed by atoms with Crippen molar-refractivity contribution in [2.24, 2.45) is 11.7 Å². The van der Waals surface area contributed by atoms with E-state index in [2.05, 4.69) is 16.9 Å². The summed E-state index contributed by atoms with van der Waals surface area (Å²) >= 11 is 0. The zero-order chi connectivity index (χ0) is 16.6. The van der Waals surface area contributed by atoms with Gasteiger partial charge in [-0.3, -0.25) is 14.4 Å². The molecule has 0 saturated carbocycles. The molecule has 0 aliphatic carbocycles. The van der Waals surface area contributed by atoms with Gasteiger partial charge in [0.1, 0.15) is 0 Å². The number of likely N-dealkylation sites (tertiary alicyclic amines) is 1. The van der Waals surface area contributed by atoms with Gasteiger partial charge in [0.15, 0.2) is 0 Å². The molecule has 4 N–H and O–H groups in total. The van der Waals surface area contributed by atoms with Crippen LogP contribution in [-0.2, 0) is 0 Å². The quantitative estimate of drug-likeness (QED) is 0.697. The van der Waals surface area contributed by atoms with Crippen LogP contribution in [0.25, 0.3) is 11.0 Å². The number of nitrogens with two attached hydrogens (primary N) is 1. The molecule has 0 unspecified atom stereocenters. The summed E-state index contributed by atoms with van der Waals surface area (Å²) in [5.74, 6) is 0.273. The van der Waals surface area contributed by atoms with Crippen molar-refractivity contribution in [3.8, 4) is 0 Å².